The monoisotopic (exact) mass is 452 g/mol. The first-order valence-electron chi connectivity index (χ1n) is 10.4. The molecule has 0 saturated heterocycles. The predicted molar refractivity (Wildman–Crippen MR) is 141 cm³/mol. The maximum Gasteiger partial charge on any atom is 0.196 e. The molecule has 0 saturated carbocycles. The summed E-state index contributed by atoms with van der Waals surface area (Å²) in [4.78, 5) is 24.6. The summed E-state index contributed by atoms with van der Waals surface area (Å²) in [5, 5.41) is 3.36. The van der Waals surface area contributed by atoms with E-state index < -0.39 is 0 Å². The van der Waals surface area contributed by atoms with Gasteiger partial charge < -0.3 is 0 Å². The molecule has 32 heavy (non-hydrogen) atoms. The Kier molecular flexibility index (Phi) is 5.33. The lowest BCUT2D eigenvalue weighted by Gasteiger charge is -2.06. The summed E-state index contributed by atoms with van der Waals surface area (Å²) in [6.07, 6.45) is 0. The quantitative estimate of drug-likeness (QED) is 0.224. The lowest BCUT2D eigenvalue weighted by molar-refractivity contribution is 1.38. The fourth-order valence-electron chi connectivity index (χ4n) is 3.90. The van der Waals surface area contributed by atoms with Crippen molar-refractivity contribution in [2.24, 2.45) is 0 Å². The average Bonchev–Trinajstić information content (AvgIpc) is 2.82. The second-order valence-corrected chi connectivity index (χ2v) is 9.90. The van der Waals surface area contributed by atoms with E-state index in [0.29, 0.717) is 0 Å². The van der Waals surface area contributed by atoms with Crippen molar-refractivity contribution in [2.45, 2.75) is 13.8 Å². The van der Waals surface area contributed by atoms with E-state index in [0.717, 1.165) is 45.9 Å². The van der Waals surface area contributed by atoms with Gasteiger partial charge in [0.15, 0.2) is 10.9 Å². The molecule has 0 bridgehead atoms. The van der Waals surface area contributed by atoms with Crippen LogP contribution in [-0.4, -0.2) is 0 Å². The van der Waals surface area contributed by atoms with Crippen molar-refractivity contribution < 1.29 is 0 Å². The molecule has 0 amide bonds. The zero-order valence-electron chi connectivity index (χ0n) is 17.7. The second-order valence-electron chi connectivity index (χ2n) is 7.73. The van der Waals surface area contributed by atoms with Crippen molar-refractivity contribution >= 4 is 63.0 Å². The van der Waals surface area contributed by atoms with Gasteiger partial charge in [0.1, 0.15) is 0 Å². The van der Waals surface area contributed by atoms with E-state index in [2.05, 4.69) is 12.1 Å². The van der Waals surface area contributed by atoms with Crippen molar-refractivity contribution in [2.75, 3.05) is 0 Å². The molecule has 0 aliphatic rings. The summed E-state index contributed by atoms with van der Waals surface area (Å²) in [5.41, 5.74) is 2.59. The van der Waals surface area contributed by atoms with E-state index in [-0.39, 0.29) is 10.9 Å². The zero-order chi connectivity index (χ0) is 22.2. The number of benzene rings is 4. The minimum Gasteiger partial charge on any atom is -0.289 e. The van der Waals surface area contributed by atoms with E-state index >= 15 is 0 Å². The highest BCUT2D eigenvalue weighted by Gasteiger charge is 2.09. The number of rotatable bonds is 0. The fourth-order valence-corrected chi connectivity index (χ4v) is 6.11. The number of aryl methyl sites for hydroxylation is 2. The Morgan fingerprint density at radius 3 is 1.47 bits per heavy atom. The maximum atomic E-state index is 12.5. The molecule has 2 nitrogen and oxygen atoms in total. The van der Waals surface area contributed by atoms with E-state index in [1.54, 1.807) is 22.7 Å². The predicted octanol–water partition coefficient (Wildman–Crippen LogP) is 7.45. The highest BCUT2D eigenvalue weighted by Crippen LogP contribution is 2.27. The van der Waals surface area contributed by atoms with Crippen LogP contribution in [-0.2, 0) is 0 Å². The molecule has 2 aromatic heterocycles. The first-order chi connectivity index (χ1) is 15.5. The summed E-state index contributed by atoms with van der Waals surface area (Å²) in [6.45, 7) is 4.08. The van der Waals surface area contributed by atoms with E-state index in [1.165, 1.54) is 5.56 Å². The minimum absolute atomic E-state index is 0.139. The normalized spacial score (nSPS) is 11.1. The van der Waals surface area contributed by atoms with Crippen LogP contribution in [0.2, 0.25) is 0 Å². The molecular formula is C28H20O2S2. The first kappa shape index (κ1) is 20.6. The van der Waals surface area contributed by atoms with Crippen molar-refractivity contribution in [3.05, 3.63) is 117 Å². The van der Waals surface area contributed by atoms with Gasteiger partial charge in [-0.15, -0.1) is 22.7 Å². The van der Waals surface area contributed by atoms with Crippen molar-refractivity contribution in [1.82, 2.24) is 0 Å². The van der Waals surface area contributed by atoms with Crippen LogP contribution in [0.15, 0.2) is 94.5 Å². The Balaban J connectivity index is 0.000000136. The standard InChI is InChI=1S/C15H12OS.C13H8OS/c1-9-7-8-13-14(10(9)2)15(16)11-5-3-4-6-12(11)17-13;14-13-9-5-1-3-7-11(9)15-12-8-4-2-6-10(12)13/h3-8H,1-2H3;1-8H. The maximum absolute atomic E-state index is 12.5. The van der Waals surface area contributed by atoms with Crippen LogP contribution in [0, 0.1) is 13.8 Å². The average molecular weight is 453 g/mol. The molecule has 0 atom stereocenters. The summed E-state index contributed by atoms with van der Waals surface area (Å²) in [5.74, 6) is 0. The van der Waals surface area contributed by atoms with E-state index in [1.807, 2.05) is 86.6 Å². The summed E-state index contributed by atoms with van der Waals surface area (Å²) >= 11 is 3.35. The molecule has 6 rings (SSSR count). The van der Waals surface area contributed by atoms with Gasteiger partial charge in [0, 0.05) is 40.3 Å². The Hall–Kier alpha value is -3.34. The third-order valence-corrected chi connectivity index (χ3v) is 8.05. The smallest absolute Gasteiger partial charge is 0.196 e. The summed E-state index contributed by atoms with van der Waals surface area (Å²) in [6, 6.07) is 27.5. The molecular weight excluding hydrogens is 432 g/mol. The summed E-state index contributed by atoms with van der Waals surface area (Å²) < 4.78 is 4.26. The number of hydrogen-bond acceptors (Lipinski definition) is 4. The third-order valence-electron chi connectivity index (χ3n) is 5.76. The second kappa shape index (κ2) is 8.30. The van der Waals surface area contributed by atoms with Crippen LogP contribution in [0.25, 0.3) is 40.3 Å². The molecule has 0 unspecified atom stereocenters. The van der Waals surface area contributed by atoms with Gasteiger partial charge in [-0.05, 0) is 67.4 Å². The lowest BCUT2D eigenvalue weighted by atomic mass is 10.0. The van der Waals surface area contributed by atoms with Gasteiger partial charge in [-0.2, -0.15) is 0 Å². The van der Waals surface area contributed by atoms with Gasteiger partial charge >= 0.3 is 0 Å². The molecule has 0 N–H and O–H groups in total. The number of hydrogen-bond donors (Lipinski definition) is 0. The molecule has 0 aliphatic carbocycles. The molecule has 0 aliphatic heterocycles. The van der Waals surface area contributed by atoms with Crippen molar-refractivity contribution in [1.29, 1.82) is 0 Å². The van der Waals surface area contributed by atoms with Crippen LogP contribution >= 0.6 is 22.7 Å². The summed E-state index contributed by atoms with van der Waals surface area (Å²) in [7, 11) is 0. The Morgan fingerprint density at radius 2 is 0.938 bits per heavy atom. The largest absolute Gasteiger partial charge is 0.289 e. The van der Waals surface area contributed by atoms with Crippen LogP contribution in [0.3, 0.4) is 0 Å². The van der Waals surface area contributed by atoms with Crippen LogP contribution in [0.5, 0.6) is 0 Å². The Labute approximate surface area is 193 Å². The van der Waals surface area contributed by atoms with Gasteiger partial charge in [0.25, 0.3) is 0 Å². The molecule has 0 radical (unpaired) electrons. The number of fused-ring (bicyclic) bond motifs is 4. The third kappa shape index (κ3) is 3.52. The van der Waals surface area contributed by atoms with Crippen LogP contribution in [0.1, 0.15) is 11.1 Å². The molecule has 156 valence electrons. The van der Waals surface area contributed by atoms with Crippen LogP contribution < -0.4 is 10.9 Å². The molecule has 2 heterocycles. The van der Waals surface area contributed by atoms with Gasteiger partial charge in [0.2, 0.25) is 0 Å². The highest BCUT2D eigenvalue weighted by atomic mass is 32.1. The van der Waals surface area contributed by atoms with Crippen LogP contribution in [0.4, 0.5) is 0 Å². The molecule has 0 fully saturated rings. The van der Waals surface area contributed by atoms with Gasteiger partial charge in [-0.25, -0.2) is 0 Å². The minimum atomic E-state index is 0.139. The molecule has 0 spiro atoms. The topological polar surface area (TPSA) is 34.1 Å². The van der Waals surface area contributed by atoms with Crippen molar-refractivity contribution in [3.63, 3.8) is 0 Å². The van der Waals surface area contributed by atoms with Gasteiger partial charge in [-0.1, -0.05) is 42.5 Å². The SMILES string of the molecule is Cc1ccc2sc3ccccc3c(=O)c2c1C.O=c1c2ccccc2sc2ccccc12. The van der Waals surface area contributed by atoms with E-state index in [4.69, 9.17) is 0 Å². The molecule has 4 aromatic carbocycles. The fraction of sp³-hybridized carbons (Fsp3) is 0.0714. The lowest BCUT2D eigenvalue weighted by Crippen LogP contribution is -2.03. The zero-order valence-corrected chi connectivity index (χ0v) is 19.3. The Bertz CT molecular complexity index is 1690. The first-order valence-corrected chi connectivity index (χ1v) is 12.0. The van der Waals surface area contributed by atoms with Gasteiger partial charge in [-0.3, -0.25) is 9.59 Å². The van der Waals surface area contributed by atoms with Crippen molar-refractivity contribution in [3.8, 4) is 0 Å². The molecule has 6 aromatic rings. The van der Waals surface area contributed by atoms with E-state index in [9.17, 15) is 9.59 Å². The molecule has 4 heteroatoms. The Morgan fingerprint density at radius 1 is 0.500 bits per heavy atom. The highest BCUT2D eigenvalue weighted by molar-refractivity contribution is 7.24. The van der Waals surface area contributed by atoms with Gasteiger partial charge in [0.05, 0.1) is 0 Å².